The minimum absolute atomic E-state index is 0.142. The molecule has 3 aliphatic rings. The number of ether oxygens (including phenoxy) is 1. The Morgan fingerprint density at radius 1 is 0.564 bits per heavy atom. The highest BCUT2D eigenvalue weighted by Gasteiger charge is 2.38. The summed E-state index contributed by atoms with van der Waals surface area (Å²) in [6, 6.07) is 28.7. The summed E-state index contributed by atoms with van der Waals surface area (Å²) < 4.78 is 46.1. The molecule has 17 nitrogen and oxygen atoms in total. The number of hydrogen-bond donors (Lipinski definition) is 4. The zero-order valence-corrected chi connectivity index (χ0v) is 57.0. The van der Waals surface area contributed by atoms with Gasteiger partial charge in [-0.3, -0.25) is 54.0 Å². The number of nitrogens with zero attached hydrogens (tertiary/aromatic N) is 7. The second-order valence-electron chi connectivity index (χ2n) is 20.8. The molecule has 0 spiro atoms. The van der Waals surface area contributed by atoms with Crippen LogP contribution in [0.25, 0.3) is 0 Å². The van der Waals surface area contributed by atoms with Crippen LogP contribution >= 0.6 is 80.4 Å². The van der Waals surface area contributed by atoms with Crippen molar-refractivity contribution in [3.05, 3.63) is 259 Å². The van der Waals surface area contributed by atoms with Gasteiger partial charge in [0.2, 0.25) is 11.1 Å². The molecule has 0 aliphatic carbocycles. The van der Waals surface area contributed by atoms with Gasteiger partial charge in [0.05, 0.1) is 66.6 Å². The molecule has 0 radical (unpaired) electrons. The summed E-state index contributed by atoms with van der Waals surface area (Å²) in [7, 11) is 0. The number of aliphatic imine (C=N–C) groups is 3. The third-order valence-corrected chi connectivity index (χ3v) is 17.6. The number of amides is 3. The molecule has 0 saturated carbocycles. The molecule has 4 N–H and O–H groups in total. The molecule has 0 fully saturated rings. The number of carbonyl (C=O) groups is 5. The maximum Gasteiger partial charge on any atom is 0.338 e. The number of aromatic nitrogens is 3. The zero-order valence-electron chi connectivity index (χ0n) is 51.5. The average Bonchev–Trinajstić information content (AvgIpc) is 0.953. The van der Waals surface area contributed by atoms with Crippen LogP contribution in [0.3, 0.4) is 0 Å². The Kier molecular flexibility index (Phi) is 24.9. The van der Waals surface area contributed by atoms with Gasteiger partial charge in [-0.1, -0.05) is 114 Å². The summed E-state index contributed by atoms with van der Waals surface area (Å²) in [6.45, 7) is 13.8. The van der Waals surface area contributed by atoms with Crippen molar-refractivity contribution in [2.45, 2.75) is 85.6 Å². The van der Waals surface area contributed by atoms with Gasteiger partial charge in [0, 0.05) is 81.3 Å². The van der Waals surface area contributed by atoms with Crippen LogP contribution in [0.5, 0.6) is 0 Å². The van der Waals surface area contributed by atoms with Gasteiger partial charge < -0.3 is 26.0 Å². The molecule has 0 saturated heterocycles. The van der Waals surface area contributed by atoms with E-state index in [9.17, 15) is 37.1 Å². The highest BCUT2D eigenvalue weighted by molar-refractivity contribution is 7.12. The Labute approximate surface area is 572 Å². The molecule has 486 valence electrons. The van der Waals surface area contributed by atoms with Gasteiger partial charge >= 0.3 is 5.97 Å². The third kappa shape index (κ3) is 17.8. The van der Waals surface area contributed by atoms with E-state index in [1.165, 1.54) is 101 Å². The van der Waals surface area contributed by atoms with Crippen molar-refractivity contribution in [2.24, 2.45) is 15.0 Å². The highest BCUT2D eigenvalue weighted by Crippen LogP contribution is 2.41. The minimum atomic E-state index is -0.844. The Balaban J connectivity index is 0.000000177. The number of hydrogen-bond acceptors (Lipinski definition) is 17. The van der Waals surface area contributed by atoms with Crippen molar-refractivity contribution >= 4 is 127 Å². The number of rotatable bonds is 14. The van der Waals surface area contributed by atoms with Crippen LogP contribution in [0, 0.1) is 17.5 Å². The van der Waals surface area contributed by atoms with Gasteiger partial charge in [-0.15, -0.1) is 34.0 Å². The molecule has 3 aromatic heterocycles. The molecule has 6 heterocycles. The number of benzene rings is 5. The summed E-state index contributed by atoms with van der Waals surface area (Å²) in [5.41, 5.74) is 11.3. The number of amidine groups is 3. The lowest BCUT2D eigenvalue weighted by Crippen LogP contribution is -2.42. The normalized spacial score (nSPS) is 16.5. The molecular weight excluding hydrogens is 1350 g/mol. The van der Waals surface area contributed by atoms with Gasteiger partial charge in [-0.25, -0.2) is 18.0 Å². The molecule has 11 rings (SSSR count). The van der Waals surface area contributed by atoms with E-state index in [2.05, 4.69) is 52.8 Å². The molecule has 0 bridgehead atoms. The Morgan fingerprint density at radius 2 is 0.936 bits per heavy atom. The van der Waals surface area contributed by atoms with Gasteiger partial charge in [0.15, 0.2) is 5.84 Å². The van der Waals surface area contributed by atoms with Crippen molar-refractivity contribution in [3.63, 3.8) is 0 Å². The van der Waals surface area contributed by atoms with Crippen molar-refractivity contribution in [3.8, 4) is 0 Å². The molecule has 94 heavy (non-hydrogen) atoms. The first-order chi connectivity index (χ1) is 44.9. The lowest BCUT2D eigenvalue weighted by atomic mass is 9.93. The van der Waals surface area contributed by atoms with E-state index in [4.69, 9.17) is 49.5 Å². The fraction of sp³-hybridized carbons (Fsp3) is 0.209. The van der Waals surface area contributed by atoms with E-state index < -0.39 is 47.5 Å². The summed E-state index contributed by atoms with van der Waals surface area (Å²) in [5, 5.41) is 12.6. The maximum atomic E-state index is 13.8. The Morgan fingerprint density at radius 3 is 1.31 bits per heavy atom. The molecule has 5 atom stereocenters. The van der Waals surface area contributed by atoms with Gasteiger partial charge in [0.1, 0.15) is 47.2 Å². The predicted octanol–water partition coefficient (Wildman–Crippen LogP) is 15.3. The molecule has 3 amide bonds. The summed E-state index contributed by atoms with van der Waals surface area (Å²) in [4.78, 5) is 91.4. The quantitative estimate of drug-likeness (QED) is 0.0592. The van der Waals surface area contributed by atoms with Gasteiger partial charge in [0.25, 0.3) is 11.8 Å². The number of halogens is 7. The average molecular weight is 1410 g/mol. The van der Waals surface area contributed by atoms with Gasteiger partial charge in [-0.2, -0.15) is 0 Å². The Hall–Kier alpha value is -8.68. The lowest BCUT2D eigenvalue weighted by Gasteiger charge is -2.33. The number of esters is 1. The van der Waals surface area contributed by atoms with Crippen LogP contribution in [0.4, 0.5) is 13.2 Å². The second kappa shape index (κ2) is 32.9. The van der Waals surface area contributed by atoms with E-state index in [1.54, 1.807) is 62.0 Å². The van der Waals surface area contributed by atoms with E-state index in [1.807, 2.05) is 81.4 Å². The first kappa shape index (κ1) is 71.2. The van der Waals surface area contributed by atoms with Crippen LogP contribution in [0.15, 0.2) is 199 Å². The molecule has 8 aromatic rings. The third-order valence-electron chi connectivity index (χ3n) is 14.3. The first-order valence-corrected chi connectivity index (χ1v) is 32.9. The van der Waals surface area contributed by atoms with Crippen LogP contribution in [0.2, 0.25) is 15.1 Å². The van der Waals surface area contributed by atoms with Crippen molar-refractivity contribution in [2.75, 3.05) is 6.61 Å². The summed E-state index contributed by atoms with van der Waals surface area (Å²) in [5.74, 6) is -1.28. The first-order valence-electron chi connectivity index (χ1n) is 28.7. The standard InChI is InChI=1S/C25H22ClFN4O2S.C23H20ClFN4OS.C17H15ClFN3O2S.C2H3ClO/c1-14(17-7-5-4-6-8-17)29-25(33)22-15(2)31(16(3)32)24(21-12-28-13-34-21)30-23(22)19-10-9-18(27)11-20(19)26;1-13(15-6-4-3-5-7-15)28-23(30)20-14(2)27-22(19-11-26-12-31-19)29-21(20)17-9-8-16(25)10-18(17)24;1-3-24-17(23)14-9(2)21-16(13-7-20-8-25-13)22-15(14)11-5-4-10(19)6-12(11)18;1-2(3)4/h4-14,23H,1-3H3,(H,29,33);3-13,21H,1-2H3,(H,27,29)(H,28,30);4-8,15H,3H2,1-2H3,(H,21,22);1H3/t14-,23-;13-,21-;15-;/m000./s1. The van der Waals surface area contributed by atoms with Crippen LogP contribution in [-0.4, -0.2) is 72.9 Å². The van der Waals surface area contributed by atoms with E-state index in [0.717, 1.165) is 20.9 Å². The van der Waals surface area contributed by atoms with Crippen molar-refractivity contribution < 1.29 is 41.9 Å². The predicted molar refractivity (Wildman–Crippen MR) is 364 cm³/mol. The summed E-state index contributed by atoms with van der Waals surface area (Å²) >= 11 is 27.8. The molecular formula is C67H60Cl4F3N11O6S3. The van der Waals surface area contributed by atoms with Crippen molar-refractivity contribution in [1.29, 1.82) is 0 Å². The fourth-order valence-electron chi connectivity index (χ4n) is 9.98. The fourth-order valence-corrected chi connectivity index (χ4v) is 12.5. The van der Waals surface area contributed by atoms with Crippen molar-refractivity contribution in [1.82, 2.24) is 41.1 Å². The van der Waals surface area contributed by atoms with E-state index >= 15 is 0 Å². The topological polar surface area (TPSA) is 222 Å². The number of carbonyl (C=O) groups excluding carboxylic acids is 5. The largest absolute Gasteiger partial charge is 0.463 e. The molecule has 3 aliphatic heterocycles. The maximum absolute atomic E-state index is 13.8. The van der Waals surface area contributed by atoms with Gasteiger partial charge in [-0.05, 0) is 101 Å². The zero-order chi connectivity index (χ0) is 67.9. The lowest BCUT2D eigenvalue weighted by molar-refractivity contribution is -0.139. The number of allylic oxidation sites excluding steroid dienone is 3. The van der Waals surface area contributed by atoms with E-state index in [0.29, 0.717) is 67.3 Å². The molecule has 0 unspecified atom stereocenters. The molecule has 5 aromatic carbocycles. The van der Waals surface area contributed by atoms with Crippen LogP contribution in [0.1, 0.15) is 128 Å². The van der Waals surface area contributed by atoms with Crippen LogP contribution in [-0.2, 0) is 28.7 Å². The second-order valence-corrected chi connectivity index (χ2v) is 25.2. The number of nitrogens with one attached hydrogen (secondary N) is 4. The smallest absolute Gasteiger partial charge is 0.338 e. The Bertz CT molecular complexity index is 4270. The summed E-state index contributed by atoms with van der Waals surface area (Å²) in [6.07, 6.45) is 5.00. The van der Waals surface area contributed by atoms with E-state index in [-0.39, 0.29) is 56.4 Å². The SMILES string of the molecule is CC(=O)Cl.CC(=O)N1C(c2cncs2)=N[C@@H](c2ccc(F)cc2Cl)C(C(=O)N[C@@H](C)c2ccccc2)=C1C.CC1=C(C(=O)N[C@@H](C)c2ccccc2)[C@H](c2ccc(F)cc2Cl)N=C(c2cncs2)N1.CCOC(=O)C1=C(C)NC(c2cncs2)=N[C@H]1c1ccc(F)cc1Cl. The molecule has 27 heteroatoms. The van der Waals surface area contributed by atoms with Crippen LogP contribution < -0.4 is 21.3 Å². The minimum Gasteiger partial charge on any atom is -0.463 e. The monoisotopic (exact) mass is 1410 g/mol. The highest BCUT2D eigenvalue weighted by atomic mass is 35.5. The number of thiazole rings is 3.